The molecule has 7 heteroatoms. The lowest BCUT2D eigenvalue weighted by Gasteiger charge is -2.23. The topological polar surface area (TPSA) is 82.3 Å². The number of benzene rings is 1. The van der Waals surface area contributed by atoms with E-state index in [9.17, 15) is 9.59 Å². The van der Waals surface area contributed by atoms with Gasteiger partial charge in [-0.25, -0.2) is 4.79 Å². The van der Waals surface area contributed by atoms with Crippen molar-refractivity contribution in [3.05, 3.63) is 29.8 Å². The van der Waals surface area contributed by atoms with Crippen molar-refractivity contribution in [2.45, 2.75) is 37.8 Å². The normalized spacial score (nSPS) is 20.1. The highest BCUT2D eigenvalue weighted by atomic mass is 35.5. The number of nitrogens with one attached hydrogen (secondary N) is 4. The van der Waals surface area contributed by atoms with Gasteiger partial charge in [0.2, 0.25) is 0 Å². The fraction of sp³-hybridized carbons (Fsp3) is 0.500. The molecule has 0 bridgehead atoms. The van der Waals surface area contributed by atoms with E-state index in [1.54, 1.807) is 24.3 Å². The van der Waals surface area contributed by atoms with Crippen LogP contribution in [0.25, 0.3) is 0 Å². The summed E-state index contributed by atoms with van der Waals surface area (Å²) in [5.74, 6) is -0.0973. The average Bonchev–Trinajstić information content (AvgIpc) is 3.32. The zero-order valence-corrected chi connectivity index (χ0v) is 13.7. The molecular formula is C16H23ClN4O2. The third-order valence-corrected chi connectivity index (χ3v) is 3.93. The molecule has 126 valence electrons. The highest BCUT2D eigenvalue weighted by Gasteiger charge is 2.23. The first kappa shape index (κ1) is 17.6. The van der Waals surface area contributed by atoms with Crippen molar-refractivity contribution in [1.82, 2.24) is 16.0 Å². The summed E-state index contributed by atoms with van der Waals surface area (Å²) in [7, 11) is 0. The van der Waals surface area contributed by atoms with E-state index in [4.69, 9.17) is 0 Å². The van der Waals surface area contributed by atoms with Crippen LogP contribution < -0.4 is 21.3 Å². The van der Waals surface area contributed by atoms with Crippen molar-refractivity contribution in [3.8, 4) is 0 Å². The van der Waals surface area contributed by atoms with E-state index in [0.717, 1.165) is 38.8 Å². The smallest absolute Gasteiger partial charge is 0.319 e. The van der Waals surface area contributed by atoms with E-state index in [2.05, 4.69) is 21.3 Å². The Kier molecular flexibility index (Phi) is 6.24. The van der Waals surface area contributed by atoms with Crippen LogP contribution in [0.3, 0.4) is 0 Å². The fourth-order valence-corrected chi connectivity index (χ4v) is 2.56. The Morgan fingerprint density at radius 2 is 1.91 bits per heavy atom. The summed E-state index contributed by atoms with van der Waals surface area (Å²) in [6, 6.07) is 7.30. The van der Waals surface area contributed by atoms with Crippen LogP contribution in [0.4, 0.5) is 10.5 Å². The Hall–Kier alpha value is -1.79. The second kappa shape index (κ2) is 8.17. The maximum atomic E-state index is 12.3. The first-order valence-corrected chi connectivity index (χ1v) is 7.90. The molecule has 2 aliphatic rings. The summed E-state index contributed by atoms with van der Waals surface area (Å²) in [6.07, 6.45) is 4.17. The molecule has 1 aromatic rings. The number of hydrogen-bond acceptors (Lipinski definition) is 3. The first-order valence-electron chi connectivity index (χ1n) is 7.90. The minimum absolute atomic E-state index is 0. The zero-order valence-electron chi connectivity index (χ0n) is 12.9. The summed E-state index contributed by atoms with van der Waals surface area (Å²) >= 11 is 0. The SMILES string of the molecule is Cl.O=C(Nc1cccc(C(=O)N[C@H]2CCCNC2)c1)NC1CC1. The van der Waals surface area contributed by atoms with Crippen LogP contribution in [0.1, 0.15) is 36.0 Å². The number of anilines is 1. The minimum atomic E-state index is -0.212. The molecule has 3 amide bonds. The van der Waals surface area contributed by atoms with E-state index in [-0.39, 0.29) is 30.4 Å². The average molecular weight is 339 g/mol. The monoisotopic (exact) mass is 338 g/mol. The van der Waals surface area contributed by atoms with Gasteiger partial charge in [0.1, 0.15) is 0 Å². The first-order chi connectivity index (χ1) is 10.7. The van der Waals surface area contributed by atoms with Gasteiger partial charge in [0.25, 0.3) is 5.91 Å². The lowest BCUT2D eigenvalue weighted by molar-refractivity contribution is 0.0930. The number of rotatable bonds is 4. The third-order valence-electron chi connectivity index (χ3n) is 3.93. The summed E-state index contributed by atoms with van der Waals surface area (Å²) in [4.78, 5) is 24.0. The Morgan fingerprint density at radius 3 is 2.61 bits per heavy atom. The molecule has 0 aromatic heterocycles. The molecule has 1 aliphatic heterocycles. The van der Waals surface area contributed by atoms with Crippen molar-refractivity contribution >= 4 is 30.0 Å². The number of amides is 3. The summed E-state index contributed by atoms with van der Waals surface area (Å²) < 4.78 is 0. The zero-order chi connectivity index (χ0) is 15.4. The Labute approximate surface area is 142 Å². The molecule has 1 aromatic carbocycles. The van der Waals surface area contributed by atoms with Gasteiger partial charge < -0.3 is 21.3 Å². The molecule has 1 heterocycles. The number of hydrogen-bond donors (Lipinski definition) is 4. The van der Waals surface area contributed by atoms with Crippen LogP contribution in [0.5, 0.6) is 0 Å². The van der Waals surface area contributed by atoms with Crippen LogP contribution in [-0.2, 0) is 0 Å². The number of halogens is 1. The summed E-state index contributed by atoms with van der Waals surface area (Å²) in [6.45, 7) is 1.83. The van der Waals surface area contributed by atoms with Crippen molar-refractivity contribution in [2.75, 3.05) is 18.4 Å². The van der Waals surface area contributed by atoms with Crippen LogP contribution in [0.2, 0.25) is 0 Å². The van der Waals surface area contributed by atoms with Crippen molar-refractivity contribution in [1.29, 1.82) is 0 Å². The van der Waals surface area contributed by atoms with E-state index in [0.29, 0.717) is 17.3 Å². The Bertz CT molecular complexity index is 557. The number of urea groups is 1. The standard InChI is InChI=1S/C16H22N4O2.ClH/c21-15(18-14-5-2-8-17-10-14)11-3-1-4-13(9-11)20-16(22)19-12-6-7-12;/h1,3-4,9,12,14,17H,2,5-8,10H2,(H,18,21)(H2,19,20,22);1H/t14-;/m0./s1. The van der Waals surface area contributed by atoms with Gasteiger partial charge in [-0.3, -0.25) is 4.79 Å². The summed E-state index contributed by atoms with van der Waals surface area (Å²) in [5, 5.41) is 11.9. The van der Waals surface area contributed by atoms with Crippen molar-refractivity contribution in [3.63, 3.8) is 0 Å². The van der Waals surface area contributed by atoms with E-state index < -0.39 is 0 Å². The van der Waals surface area contributed by atoms with Crippen LogP contribution in [0, 0.1) is 0 Å². The quantitative estimate of drug-likeness (QED) is 0.676. The van der Waals surface area contributed by atoms with Gasteiger partial charge in [0.05, 0.1) is 0 Å². The molecule has 1 aliphatic carbocycles. The molecule has 6 nitrogen and oxygen atoms in total. The highest BCUT2D eigenvalue weighted by Crippen LogP contribution is 2.19. The van der Waals surface area contributed by atoms with Crippen LogP contribution in [-0.4, -0.2) is 37.1 Å². The maximum absolute atomic E-state index is 12.3. The van der Waals surface area contributed by atoms with Gasteiger partial charge in [0, 0.05) is 29.9 Å². The predicted octanol–water partition coefficient (Wildman–Crippen LogP) is 1.87. The molecule has 4 N–H and O–H groups in total. The van der Waals surface area contributed by atoms with Crippen molar-refractivity contribution in [2.24, 2.45) is 0 Å². The van der Waals surface area contributed by atoms with Gasteiger partial charge in [-0.1, -0.05) is 6.07 Å². The molecule has 0 spiro atoms. The lowest BCUT2D eigenvalue weighted by Crippen LogP contribution is -2.45. The van der Waals surface area contributed by atoms with Gasteiger partial charge in [-0.05, 0) is 50.4 Å². The molecular weight excluding hydrogens is 316 g/mol. The number of carbonyl (C=O) groups excluding carboxylic acids is 2. The highest BCUT2D eigenvalue weighted by molar-refractivity contribution is 5.97. The van der Waals surface area contributed by atoms with E-state index >= 15 is 0 Å². The van der Waals surface area contributed by atoms with Crippen LogP contribution >= 0.6 is 12.4 Å². The molecule has 1 atom stereocenters. The largest absolute Gasteiger partial charge is 0.348 e. The lowest BCUT2D eigenvalue weighted by atomic mass is 10.1. The van der Waals surface area contributed by atoms with Crippen LogP contribution in [0.15, 0.2) is 24.3 Å². The van der Waals surface area contributed by atoms with Gasteiger partial charge >= 0.3 is 6.03 Å². The fourth-order valence-electron chi connectivity index (χ4n) is 2.56. The second-order valence-electron chi connectivity index (χ2n) is 5.97. The molecule has 2 fully saturated rings. The molecule has 23 heavy (non-hydrogen) atoms. The minimum Gasteiger partial charge on any atom is -0.348 e. The summed E-state index contributed by atoms with van der Waals surface area (Å²) in [5.41, 5.74) is 1.20. The van der Waals surface area contributed by atoms with E-state index in [1.165, 1.54) is 0 Å². The third kappa shape index (κ3) is 5.41. The van der Waals surface area contributed by atoms with Gasteiger partial charge in [0.15, 0.2) is 0 Å². The Balaban J connectivity index is 0.00000192. The molecule has 1 saturated heterocycles. The molecule has 0 radical (unpaired) electrons. The van der Waals surface area contributed by atoms with Gasteiger partial charge in [-0.15, -0.1) is 12.4 Å². The second-order valence-corrected chi connectivity index (χ2v) is 5.97. The Morgan fingerprint density at radius 1 is 1.09 bits per heavy atom. The van der Waals surface area contributed by atoms with Gasteiger partial charge in [-0.2, -0.15) is 0 Å². The molecule has 3 rings (SSSR count). The number of piperidine rings is 1. The van der Waals surface area contributed by atoms with Crippen molar-refractivity contribution < 1.29 is 9.59 Å². The maximum Gasteiger partial charge on any atom is 0.319 e. The molecule has 1 saturated carbocycles. The van der Waals surface area contributed by atoms with E-state index in [1.807, 2.05) is 0 Å². The predicted molar refractivity (Wildman–Crippen MR) is 92.2 cm³/mol. The number of carbonyl (C=O) groups is 2. The molecule has 0 unspecified atom stereocenters.